The first-order chi connectivity index (χ1) is 9.11. The normalized spacial score (nSPS) is 11.9. The summed E-state index contributed by atoms with van der Waals surface area (Å²) >= 11 is 0. The molecule has 0 heterocycles. The van der Waals surface area contributed by atoms with Gasteiger partial charge in [-0.15, -0.1) is 0 Å². The summed E-state index contributed by atoms with van der Waals surface area (Å²) in [5.41, 5.74) is 0. The third kappa shape index (κ3) is 6.73. The monoisotopic (exact) mass is 271 g/mol. The first-order valence-electron chi connectivity index (χ1n) is 6.06. The number of ether oxygens (including phenoxy) is 1. The van der Waals surface area contributed by atoms with Crippen LogP contribution in [0.3, 0.4) is 0 Å². The SMILES string of the molecule is O=C(CCCOc1ccc(F)cc1)NCC(O)CO. The molecule has 0 aliphatic carbocycles. The Hall–Kier alpha value is -1.66. The third-order valence-electron chi connectivity index (χ3n) is 2.38. The van der Waals surface area contributed by atoms with E-state index in [0.717, 1.165) is 0 Å². The first-order valence-corrected chi connectivity index (χ1v) is 6.06. The van der Waals surface area contributed by atoms with Gasteiger partial charge in [0.2, 0.25) is 5.91 Å². The molecule has 1 atom stereocenters. The summed E-state index contributed by atoms with van der Waals surface area (Å²) in [5, 5.41) is 20.1. The van der Waals surface area contributed by atoms with Crippen LogP contribution in [0.4, 0.5) is 4.39 Å². The molecule has 3 N–H and O–H groups in total. The lowest BCUT2D eigenvalue weighted by atomic mass is 10.3. The molecule has 106 valence electrons. The molecule has 0 spiro atoms. The average molecular weight is 271 g/mol. The summed E-state index contributed by atoms with van der Waals surface area (Å²) in [7, 11) is 0. The van der Waals surface area contributed by atoms with Gasteiger partial charge in [-0.05, 0) is 30.7 Å². The highest BCUT2D eigenvalue weighted by atomic mass is 19.1. The Bertz CT molecular complexity index is 383. The van der Waals surface area contributed by atoms with Crippen molar-refractivity contribution in [2.75, 3.05) is 19.8 Å². The van der Waals surface area contributed by atoms with Crippen molar-refractivity contribution in [3.8, 4) is 5.75 Å². The Balaban J connectivity index is 2.10. The van der Waals surface area contributed by atoms with E-state index in [9.17, 15) is 9.18 Å². The average Bonchev–Trinajstić information content (AvgIpc) is 2.42. The van der Waals surface area contributed by atoms with Crippen LogP contribution in [0.15, 0.2) is 24.3 Å². The van der Waals surface area contributed by atoms with Crippen molar-refractivity contribution in [1.29, 1.82) is 0 Å². The van der Waals surface area contributed by atoms with Crippen LogP contribution in [0.5, 0.6) is 5.75 Å². The number of nitrogens with one attached hydrogen (secondary N) is 1. The summed E-state index contributed by atoms with van der Waals surface area (Å²) in [6.07, 6.45) is -0.156. The van der Waals surface area contributed by atoms with E-state index in [2.05, 4.69) is 5.32 Å². The van der Waals surface area contributed by atoms with Gasteiger partial charge in [-0.2, -0.15) is 0 Å². The molecular weight excluding hydrogens is 253 g/mol. The molecule has 0 aliphatic rings. The number of hydrogen-bond donors (Lipinski definition) is 3. The number of carbonyl (C=O) groups excluding carboxylic acids is 1. The second kappa shape index (κ2) is 8.44. The first kappa shape index (κ1) is 15.4. The molecule has 1 amide bonds. The fourth-order valence-corrected chi connectivity index (χ4v) is 1.34. The zero-order valence-corrected chi connectivity index (χ0v) is 10.5. The highest BCUT2D eigenvalue weighted by Gasteiger charge is 2.05. The van der Waals surface area contributed by atoms with Crippen molar-refractivity contribution in [2.45, 2.75) is 18.9 Å². The Morgan fingerprint density at radius 3 is 2.68 bits per heavy atom. The van der Waals surface area contributed by atoms with Crippen LogP contribution in [-0.4, -0.2) is 42.0 Å². The Kier molecular flexibility index (Phi) is 6.84. The van der Waals surface area contributed by atoms with Crippen LogP contribution >= 0.6 is 0 Å². The highest BCUT2D eigenvalue weighted by Crippen LogP contribution is 2.11. The van der Waals surface area contributed by atoms with Crippen LogP contribution < -0.4 is 10.1 Å². The maximum Gasteiger partial charge on any atom is 0.220 e. The predicted molar refractivity (Wildman–Crippen MR) is 67.2 cm³/mol. The number of carbonyl (C=O) groups is 1. The Morgan fingerprint density at radius 2 is 2.05 bits per heavy atom. The molecular formula is C13H18FNO4. The zero-order valence-electron chi connectivity index (χ0n) is 10.5. The van der Waals surface area contributed by atoms with Crippen LogP contribution in [0.2, 0.25) is 0 Å². The number of halogens is 1. The van der Waals surface area contributed by atoms with E-state index in [1.54, 1.807) is 0 Å². The largest absolute Gasteiger partial charge is 0.494 e. The van der Waals surface area contributed by atoms with Gasteiger partial charge in [-0.25, -0.2) is 4.39 Å². The van der Waals surface area contributed by atoms with Gasteiger partial charge in [0, 0.05) is 13.0 Å². The minimum atomic E-state index is -0.931. The standard InChI is InChI=1S/C13H18FNO4/c14-10-3-5-12(6-4-10)19-7-1-2-13(18)15-8-11(17)9-16/h3-6,11,16-17H,1-2,7-9H2,(H,15,18). The fourth-order valence-electron chi connectivity index (χ4n) is 1.34. The molecule has 0 radical (unpaired) electrons. The van der Waals surface area contributed by atoms with Crippen LogP contribution in [0, 0.1) is 5.82 Å². The zero-order chi connectivity index (χ0) is 14.1. The lowest BCUT2D eigenvalue weighted by molar-refractivity contribution is -0.121. The van der Waals surface area contributed by atoms with Crippen LogP contribution in [0.25, 0.3) is 0 Å². The van der Waals surface area contributed by atoms with Crippen molar-refractivity contribution in [3.05, 3.63) is 30.1 Å². The Labute approximate surface area is 111 Å². The van der Waals surface area contributed by atoms with Gasteiger partial charge in [0.1, 0.15) is 11.6 Å². The maximum atomic E-state index is 12.6. The van der Waals surface area contributed by atoms with Gasteiger partial charge in [0.25, 0.3) is 0 Å². The molecule has 0 saturated heterocycles. The summed E-state index contributed by atoms with van der Waals surface area (Å²) in [5.74, 6) is 0.0156. The molecule has 1 rings (SSSR count). The van der Waals surface area contributed by atoms with Gasteiger partial charge < -0.3 is 20.3 Å². The molecule has 0 fully saturated rings. The van der Waals surface area contributed by atoms with Crippen molar-refractivity contribution < 1.29 is 24.1 Å². The van der Waals surface area contributed by atoms with Gasteiger partial charge in [0.05, 0.1) is 19.3 Å². The van der Waals surface area contributed by atoms with E-state index in [1.807, 2.05) is 0 Å². The number of benzene rings is 1. The van der Waals surface area contributed by atoms with Crippen molar-refractivity contribution >= 4 is 5.91 Å². The topological polar surface area (TPSA) is 78.8 Å². The van der Waals surface area contributed by atoms with E-state index in [1.165, 1.54) is 24.3 Å². The summed E-state index contributed by atoms with van der Waals surface area (Å²) < 4.78 is 17.9. The molecule has 19 heavy (non-hydrogen) atoms. The van der Waals surface area contributed by atoms with Gasteiger partial charge in [-0.3, -0.25) is 4.79 Å². The minimum Gasteiger partial charge on any atom is -0.494 e. The summed E-state index contributed by atoms with van der Waals surface area (Å²) in [6.45, 7) is 0.00369. The molecule has 1 unspecified atom stereocenters. The summed E-state index contributed by atoms with van der Waals surface area (Å²) in [6, 6.07) is 5.65. The smallest absolute Gasteiger partial charge is 0.220 e. The molecule has 0 saturated carbocycles. The minimum absolute atomic E-state index is 0.0359. The van der Waals surface area contributed by atoms with Gasteiger partial charge >= 0.3 is 0 Å². The van der Waals surface area contributed by atoms with Crippen LogP contribution in [-0.2, 0) is 4.79 Å². The van der Waals surface area contributed by atoms with E-state index in [-0.39, 0.29) is 31.3 Å². The number of rotatable bonds is 8. The molecule has 6 heteroatoms. The van der Waals surface area contributed by atoms with Crippen LogP contribution in [0.1, 0.15) is 12.8 Å². The van der Waals surface area contributed by atoms with Gasteiger partial charge in [0.15, 0.2) is 0 Å². The van der Waals surface area contributed by atoms with Crippen molar-refractivity contribution in [1.82, 2.24) is 5.32 Å². The van der Waals surface area contributed by atoms with E-state index in [4.69, 9.17) is 14.9 Å². The number of hydrogen-bond acceptors (Lipinski definition) is 4. The van der Waals surface area contributed by atoms with E-state index < -0.39 is 6.10 Å². The van der Waals surface area contributed by atoms with E-state index in [0.29, 0.717) is 18.8 Å². The predicted octanol–water partition coefficient (Wildman–Crippen LogP) is 0.454. The molecule has 0 bridgehead atoms. The molecule has 0 aliphatic heterocycles. The molecule has 5 nitrogen and oxygen atoms in total. The highest BCUT2D eigenvalue weighted by molar-refractivity contribution is 5.75. The molecule has 0 aromatic heterocycles. The lowest BCUT2D eigenvalue weighted by Gasteiger charge is -2.09. The number of aliphatic hydroxyl groups is 2. The van der Waals surface area contributed by atoms with E-state index >= 15 is 0 Å². The molecule has 1 aromatic carbocycles. The van der Waals surface area contributed by atoms with Crippen molar-refractivity contribution in [3.63, 3.8) is 0 Å². The summed E-state index contributed by atoms with van der Waals surface area (Å²) in [4.78, 5) is 11.3. The Morgan fingerprint density at radius 1 is 1.37 bits per heavy atom. The quantitative estimate of drug-likeness (QED) is 0.600. The van der Waals surface area contributed by atoms with Crippen molar-refractivity contribution in [2.24, 2.45) is 0 Å². The third-order valence-corrected chi connectivity index (χ3v) is 2.38. The van der Waals surface area contributed by atoms with Gasteiger partial charge in [-0.1, -0.05) is 0 Å². The second-order valence-electron chi connectivity index (χ2n) is 4.05. The number of aliphatic hydroxyl groups excluding tert-OH is 2. The second-order valence-corrected chi connectivity index (χ2v) is 4.05. The fraction of sp³-hybridized carbons (Fsp3) is 0.462. The maximum absolute atomic E-state index is 12.6. The lowest BCUT2D eigenvalue weighted by Crippen LogP contribution is -2.33. The molecule has 1 aromatic rings. The number of amides is 1.